The molecule has 2 atom stereocenters. The minimum Gasteiger partial charge on any atom is -0.480 e. The molecule has 0 saturated heterocycles. The molecule has 0 radical (unpaired) electrons. The summed E-state index contributed by atoms with van der Waals surface area (Å²) < 4.78 is 0. The van der Waals surface area contributed by atoms with Gasteiger partial charge in [-0.1, -0.05) is 0 Å². The highest BCUT2D eigenvalue weighted by Gasteiger charge is 2.57. The second-order valence-corrected chi connectivity index (χ2v) is 2.07. The molecule has 4 heteroatoms. The zero-order valence-electron chi connectivity index (χ0n) is 4.16. The lowest BCUT2D eigenvalue weighted by Crippen LogP contribution is -2.36. The van der Waals surface area contributed by atoms with Crippen LogP contribution in [-0.2, 0) is 4.79 Å². The molecule has 0 amide bonds. The molecule has 1 saturated carbocycles. The van der Waals surface area contributed by atoms with E-state index >= 15 is 0 Å². The molecule has 0 aromatic carbocycles. The molecule has 4 N–H and O–H groups in total. The van der Waals surface area contributed by atoms with E-state index in [1.165, 1.54) is 0 Å². The molecule has 0 bridgehead atoms. The number of carbonyl (C=O) groups is 1. The SMILES string of the molecule is NC1(C(=O)O)CC1O. The minimum atomic E-state index is -1.32. The summed E-state index contributed by atoms with van der Waals surface area (Å²) in [5.74, 6) is -1.12. The van der Waals surface area contributed by atoms with Crippen LogP contribution >= 0.6 is 0 Å². The summed E-state index contributed by atoms with van der Waals surface area (Å²) in [6.45, 7) is 0. The molecule has 0 aliphatic heterocycles. The molecule has 8 heavy (non-hydrogen) atoms. The Bertz CT molecular complexity index is 135. The summed E-state index contributed by atoms with van der Waals surface area (Å²) in [6.07, 6.45) is -0.650. The highest BCUT2D eigenvalue weighted by atomic mass is 16.4. The van der Waals surface area contributed by atoms with Gasteiger partial charge >= 0.3 is 5.97 Å². The molecule has 46 valence electrons. The number of hydrogen-bond acceptors (Lipinski definition) is 3. The molecule has 0 aromatic heterocycles. The van der Waals surface area contributed by atoms with Crippen molar-refractivity contribution in [2.75, 3.05) is 0 Å². The first-order chi connectivity index (χ1) is 3.57. The van der Waals surface area contributed by atoms with Crippen LogP contribution in [0.3, 0.4) is 0 Å². The van der Waals surface area contributed by atoms with Crippen molar-refractivity contribution in [3.63, 3.8) is 0 Å². The molecule has 0 heterocycles. The van der Waals surface area contributed by atoms with Crippen LogP contribution in [0.1, 0.15) is 6.42 Å². The van der Waals surface area contributed by atoms with Gasteiger partial charge in [-0.2, -0.15) is 0 Å². The van der Waals surface area contributed by atoms with Gasteiger partial charge in [-0.05, 0) is 0 Å². The third kappa shape index (κ3) is 0.502. The lowest BCUT2D eigenvalue weighted by atomic mass is 10.3. The summed E-state index contributed by atoms with van der Waals surface area (Å²) in [5, 5.41) is 16.7. The van der Waals surface area contributed by atoms with Crippen LogP contribution in [0.15, 0.2) is 0 Å². The van der Waals surface area contributed by atoms with Gasteiger partial charge in [0.05, 0.1) is 6.10 Å². The highest BCUT2D eigenvalue weighted by Crippen LogP contribution is 2.32. The average molecular weight is 117 g/mol. The van der Waals surface area contributed by atoms with Crippen LogP contribution < -0.4 is 5.73 Å². The fourth-order valence-electron chi connectivity index (χ4n) is 0.491. The average Bonchev–Trinajstić information content (AvgIpc) is 2.17. The number of aliphatic carboxylic acids is 1. The molecular weight excluding hydrogens is 110 g/mol. The Morgan fingerprint density at radius 3 is 2.25 bits per heavy atom. The van der Waals surface area contributed by atoms with Gasteiger partial charge in [-0.15, -0.1) is 0 Å². The maximum atomic E-state index is 10.0. The summed E-state index contributed by atoms with van der Waals surface area (Å²) in [6, 6.07) is 0. The Hall–Kier alpha value is -0.610. The Balaban J connectivity index is 2.60. The van der Waals surface area contributed by atoms with Crippen LogP contribution in [0.4, 0.5) is 0 Å². The van der Waals surface area contributed by atoms with Crippen LogP contribution in [0, 0.1) is 0 Å². The van der Waals surface area contributed by atoms with Crippen LogP contribution in [0.2, 0.25) is 0 Å². The third-order valence-corrected chi connectivity index (χ3v) is 1.36. The van der Waals surface area contributed by atoms with Crippen LogP contribution in [0.25, 0.3) is 0 Å². The van der Waals surface area contributed by atoms with Crippen LogP contribution in [-0.4, -0.2) is 27.8 Å². The minimum absolute atomic E-state index is 0.183. The van der Waals surface area contributed by atoms with E-state index in [0.717, 1.165) is 0 Å². The monoisotopic (exact) mass is 117 g/mol. The van der Waals surface area contributed by atoms with E-state index in [0.29, 0.717) is 0 Å². The van der Waals surface area contributed by atoms with Gasteiger partial charge in [-0.25, -0.2) is 0 Å². The lowest BCUT2D eigenvalue weighted by molar-refractivity contribution is -0.140. The zero-order chi connectivity index (χ0) is 6.36. The third-order valence-electron chi connectivity index (χ3n) is 1.36. The molecule has 1 rings (SSSR count). The van der Waals surface area contributed by atoms with Gasteiger partial charge in [0.2, 0.25) is 0 Å². The number of hydrogen-bond donors (Lipinski definition) is 3. The van der Waals surface area contributed by atoms with Gasteiger partial charge in [-0.3, -0.25) is 4.79 Å². The number of aliphatic hydroxyl groups excluding tert-OH is 1. The van der Waals surface area contributed by atoms with Crippen molar-refractivity contribution >= 4 is 5.97 Å². The Morgan fingerprint density at radius 1 is 1.88 bits per heavy atom. The summed E-state index contributed by atoms with van der Waals surface area (Å²) in [5.41, 5.74) is 3.76. The Morgan fingerprint density at radius 2 is 2.25 bits per heavy atom. The summed E-state index contributed by atoms with van der Waals surface area (Å²) in [4.78, 5) is 10.0. The molecule has 1 aliphatic carbocycles. The fourth-order valence-corrected chi connectivity index (χ4v) is 0.491. The van der Waals surface area contributed by atoms with Crippen molar-refractivity contribution in [1.29, 1.82) is 0 Å². The van der Waals surface area contributed by atoms with E-state index < -0.39 is 17.6 Å². The molecule has 0 aromatic rings. The van der Waals surface area contributed by atoms with Crippen molar-refractivity contribution in [2.45, 2.75) is 18.1 Å². The largest absolute Gasteiger partial charge is 0.480 e. The first-order valence-corrected chi connectivity index (χ1v) is 2.28. The molecular formula is C4H7NO3. The molecule has 0 spiro atoms. The number of rotatable bonds is 1. The Kier molecular flexibility index (Phi) is 0.835. The predicted octanol–water partition coefficient (Wildman–Crippen LogP) is -1.47. The molecule has 2 unspecified atom stereocenters. The van der Waals surface area contributed by atoms with Gasteiger partial charge in [0, 0.05) is 6.42 Å². The number of carboxylic acids is 1. The summed E-state index contributed by atoms with van der Waals surface area (Å²) in [7, 11) is 0. The van der Waals surface area contributed by atoms with E-state index in [2.05, 4.69) is 0 Å². The molecule has 1 fully saturated rings. The maximum Gasteiger partial charge on any atom is 0.326 e. The van der Waals surface area contributed by atoms with Crippen molar-refractivity contribution in [3.8, 4) is 0 Å². The normalized spacial score (nSPS) is 44.0. The van der Waals surface area contributed by atoms with E-state index in [1.807, 2.05) is 0 Å². The quantitative estimate of drug-likeness (QED) is 0.391. The van der Waals surface area contributed by atoms with Gasteiger partial charge < -0.3 is 15.9 Å². The standard InChI is InChI=1S/C4H7NO3/c5-4(3(7)8)1-2(4)6/h2,6H,1,5H2,(H,7,8). The number of nitrogens with two attached hydrogens (primary N) is 1. The zero-order valence-corrected chi connectivity index (χ0v) is 4.16. The first-order valence-electron chi connectivity index (χ1n) is 2.28. The topological polar surface area (TPSA) is 83.6 Å². The molecule has 4 nitrogen and oxygen atoms in total. The maximum absolute atomic E-state index is 10.0. The molecule has 1 aliphatic rings. The Labute approximate surface area is 45.9 Å². The van der Waals surface area contributed by atoms with E-state index in [4.69, 9.17) is 15.9 Å². The van der Waals surface area contributed by atoms with E-state index in [-0.39, 0.29) is 6.42 Å². The van der Waals surface area contributed by atoms with E-state index in [1.54, 1.807) is 0 Å². The first kappa shape index (κ1) is 5.53. The van der Waals surface area contributed by atoms with Crippen molar-refractivity contribution in [1.82, 2.24) is 0 Å². The van der Waals surface area contributed by atoms with Crippen LogP contribution in [0.5, 0.6) is 0 Å². The van der Waals surface area contributed by atoms with Gasteiger partial charge in [0.15, 0.2) is 0 Å². The van der Waals surface area contributed by atoms with Crippen molar-refractivity contribution < 1.29 is 15.0 Å². The van der Waals surface area contributed by atoms with E-state index in [9.17, 15) is 4.79 Å². The second kappa shape index (κ2) is 1.21. The number of carboxylic acid groups (broad SMARTS) is 1. The van der Waals surface area contributed by atoms with Crippen molar-refractivity contribution in [3.05, 3.63) is 0 Å². The fraction of sp³-hybridized carbons (Fsp3) is 0.750. The van der Waals surface area contributed by atoms with Gasteiger partial charge in [0.25, 0.3) is 0 Å². The van der Waals surface area contributed by atoms with Gasteiger partial charge in [0.1, 0.15) is 5.54 Å². The lowest BCUT2D eigenvalue weighted by Gasteiger charge is -1.97. The number of aliphatic hydroxyl groups is 1. The second-order valence-electron chi connectivity index (χ2n) is 2.07. The predicted molar refractivity (Wildman–Crippen MR) is 25.2 cm³/mol. The smallest absolute Gasteiger partial charge is 0.326 e. The van der Waals surface area contributed by atoms with Crippen molar-refractivity contribution in [2.24, 2.45) is 5.73 Å². The summed E-state index contributed by atoms with van der Waals surface area (Å²) >= 11 is 0. The highest BCUT2D eigenvalue weighted by molar-refractivity contribution is 5.83.